The van der Waals surface area contributed by atoms with E-state index in [-0.39, 0.29) is 0 Å². The van der Waals surface area contributed by atoms with E-state index in [2.05, 4.69) is 29.4 Å². The fourth-order valence-electron chi connectivity index (χ4n) is 2.07. The molecule has 0 bridgehead atoms. The molecule has 2 rings (SSSR count). The van der Waals surface area contributed by atoms with Gasteiger partial charge in [0.1, 0.15) is 5.75 Å². The second-order valence-corrected chi connectivity index (χ2v) is 4.45. The minimum atomic E-state index is 0.598. The topological polar surface area (TPSA) is 66.0 Å². The summed E-state index contributed by atoms with van der Waals surface area (Å²) < 4.78 is 7.17. The van der Waals surface area contributed by atoms with Crippen LogP contribution in [-0.4, -0.2) is 28.6 Å². The highest BCUT2D eigenvalue weighted by Crippen LogP contribution is 2.20. The zero-order chi connectivity index (χ0) is 13.7. The first-order valence-corrected chi connectivity index (χ1v) is 6.51. The molecule has 0 saturated carbocycles. The molecule has 0 aliphatic carbocycles. The van der Waals surface area contributed by atoms with Gasteiger partial charge in [-0.3, -0.25) is 0 Å². The molecule has 0 amide bonds. The highest BCUT2D eigenvalue weighted by molar-refractivity contribution is 5.37. The van der Waals surface area contributed by atoms with E-state index in [0.29, 0.717) is 13.1 Å². The molecular weight excluding hydrogens is 240 g/mol. The Kier molecular flexibility index (Phi) is 4.52. The van der Waals surface area contributed by atoms with Crippen molar-refractivity contribution in [3.8, 4) is 5.75 Å². The number of methoxy groups -OCH3 is 1. The molecule has 1 aromatic heterocycles. The van der Waals surface area contributed by atoms with Gasteiger partial charge in [0.25, 0.3) is 0 Å². The first-order chi connectivity index (χ1) is 9.26. The Labute approximate surface area is 113 Å². The third-order valence-corrected chi connectivity index (χ3v) is 3.06. The second-order valence-electron chi connectivity index (χ2n) is 4.45. The van der Waals surface area contributed by atoms with Gasteiger partial charge in [-0.15, -0.1) is 5.10 Å². The number of nitrogens with two attached hydrogens (primary N) is 1. The highest BCUT2D eigenvalue weighted by Gasteiger charge is 2.05. The summed E-state index contributed by atoms with van der Waals surface area (Å²) in [4.78, 5) is 0. The molecule has 19 heavy (non-hydrogen) atoms. The summed E-state index contributed by atoms with van der Waals surface area (Å²) in [5.74, 6) is 0.939. The van der Waals surface area contributed by atoms with Gasteiger partial charge in [0.15, 0.2) is 0 Å². The van der Waals surface area contributed by atoms with Crippen molar-refractivity contribution in [2.45, 2.75) is 26.3 Å². The van der Waals surface area contributed by atoms with Gasteiger partial charge in [0.2, 0.25) is 0 Å². The van der Waals surface area contributed by atoms with Crippen molar-refractivity contribution >= 4 is 0 Å². The summed E-state index contributed by atoms with van der Waals surface area (Å²) in [6, 6.07) is 6.22. The van der Waals surface area contributed by atoms with Crippen LogP contribution < -0.4 is 10.5 Å². The molecule has 2 aromatic rings. The Morgan fingerprint density at radius 3 is 2.89 bits per heavy atom. The van der Waals surface area contributed by atoms with Crippen molar-refractivity contribution in [2.24, 2.45) is 5.73 Å². The lowest BCUT2D eigenvalue weighted by molar-refractivity contribution is 0.410. The number of ether oxygens (including phenoxy) is 1. The average Bonchev–Trinajstić information content (AvgIpc) is 2.86. The average molecular weight is 260 g/mol. The van der Waals surface area contributed by atoms with Gasteiger partial charge in [0.05, 0.1) is 19.3 Å². The van der Waals surface area contributed by atoms with Gasteiger partial charge in [-0.1, -0.05) is 24.3 Å². The van der Waals surface area contributed by atoms with E-state index < -0.39 is 0 Å². The third-order valence-electron chi connectivity index (χ3n) is 3.06. The summed E-state index contributed by atoms with van der Waals surface area (Å²) >= 11 is 0. The van der Waals surface area contributed by atoms with Crippen molar-refractivity contribution in [3.05, 3.63) is 41.2 Å². The molecule has 0 aliphatic rings. The standard InChI is InChI=1S/C14H20N4O/c1-3-12-8-11(4-5-14(12)19-2)9-18-10-13(6-7-15)16-17-18/h4-5,8,10H,3,6-7,9,15H2,1-2H3. The van der Waals surface area contributed by atoms with Crippen LogP contribution in [0, 0.1) is 0 Å². The number of aryl methyl sites for hydroxylation is 1. The lowest BCUT2D eigenvalue weighted by atomic mass is 10.1. The van der Waals surface area contributed by atoms with E-state index in [0.717, 1.165) is 24.3 Å². The van der Waals surface area contributed by atoms with Crippen molar-refractivity contribution in [3.63, 3.8) is 0 Å². The van der Waals surface area contributed by atoms with Crippen molar-refractivity contribution < 1.29 is 4.74 Å². The first kappa shape index (κ1) is 13.5. The van der Waals surface area contributed by atoms with E-state index in [1.165, 1.54) is 11.1 Å². The molecule has 1 aromatic carbocycles. The molecule has 0 saturated heterocycles. The molecular formula is C14H20N4O. The number of hydrogen-bond acceptors (Lipinski definition) is 4. The Morgan fingerprint density at radius 1 is 1.37 bits per heavy atom. The van der Waals surface area contributed by atoms with Gasteiger partial charge in [-0.05, 0) is 30.2 Å². The Balaban J connectivity index is 2.13. The van der Waals surface area contributed by atoms with Crippen LogP contribution >= 0.6 is 0 Å². The predicted octanol–water partition coefficient (Wildman–Crippen LogP) is 1.40. The van der Waals surface area contributed by atoms with Gasteiger partial charge < -0.3 is 10.5 Å². The number of benzene rings is 1. The molecule has 0 aliphatic heterocycles. The number of hydrogen-bond donors (Lipinski definition) is 1. The smallest absolute Gasteiger partial charge is 0.122 e. The van der Waals surface area contributed by atoms with Crippen LogP contribution in [-0.2, 0) is 19.4 Å². The maximum Gasteiger partial charge on any atom is 0.122 e. The zero-order valence-corrected chi connectivity index (χ0v) is 11.5. The van der Waals surface area contributed by atoms with E-state index in [4.69, 9.17) is 10.5 Å². The molecule has 1 heterocycles. The third kappa shape index (κ3) is 3.32. The van der Waals surface area contributed by atoms with Crippen LogP contribution in [0.1, 0.15) is 23.7 Å². The van der Waals surface area contributed by atoms with Crippen molar-refractivity contribution in [1.29, 1.82) is 0 Å². The van der Waals surface area contributed by atoms with Gasteiger partial charge >= 0.3 is 0 Å². The highest BCUT2D eigenvalue weighted by atomic mass is 16.5. The van der Waals surface area contributed by atoms with Gasteiger partial charge in [0, 0.05) is 12.6 Å². The molecule has 0 fully saturated rings. The minimum absolute atomic E-state index is 0.598. The van der Waals surface area contributed by atoms with Gasteiger partial charge in [-0.2, -0.15) is 0 Å². The Bertz CT molecular complexity index is 536. The van der Waals surface area contributed by atoms with Crippen LogP contribution in [0.15, 0.2) is 24.4 Å². The van der Waals surface area contributed by atoms with E-state index in [1.807, 2.05) is 16.9 Å². The first-order valence-electron chi connectivity index (χ1n) is 6.51. The fourth-order valence-corrected chi connectivity index (χ4v) is 2.07. The van der Waals surface area contributed by atoms with Crippen LogP contribution in [0.4, 0.5) is 0 Å². The maximum absolute atomic E-state index is 5.50. The van der Waals surface area contributed by atoms with E-state index in [1.54, 1.807) is 7.11 Å². The normalized spacial score (nSPS) is 10.7. The zero-order valence-electron chi connectivity index (χ0n) is 11.5. The molecule has 0 unspecified atom stereocenters. The molecule has 5 nitrogen and oxygen atoms in total. The van der Waals surface area contributed by atoms with Crippen LogP contribution in [0.2, 0.25) is 0 Å². The summed E-state index contributed by atoms with van der Waals surface area (Å²) in [7, 11) is 1.70. The summed E-state index contributed by atoms with van der Waals surface area (Å²) in [6.07, 6.45) is 3.67. The molecule has 0 spiro atoms. The molecule has 0 radical (unpaired) electrons. The lowest BCUT2D eigenvalue weighted by Gasteiger charge is -2.09. The van der Waals surface area contributed by atoms with Crippen LogP contribution in [0.3, 0.4) is 0 Å². The second kappa shape index (κ2) is 6.33. The fraction of sp³-hybridized carbons (Fsp3) is 0.429. The summed E-state index contributed by atoms with van der Waals surface area (Å²) in [5, 5.41) is 8.19. The Morgan fingerprint density at radius 2 is 2.21 bits per heavy atom. The monoisotopic (exact) mass is 260 g/mol. The lowest BCUT2D eigenvalue weighted by Crippen LogP contribution is -2.03. The van der Waals surface area contributed by atoms with Crippen molar-refractivity contribution in [2.75, 3.05) is 13.7 Å². The quantitative estimate of drug-likeness (QED) is 0.852. The molecule has 5 heteroatoms. The van der Waals surface area contributed by atoms with Crippen molar-refractivity contribution in [1.82, 2.24) is 15.0 Å². The summed E-state index contributed by atoms with van der Waals surface area (Å²) in [5.41, 5.74) is 8.84. The summed E-state index contributed by atoms with van der Waals surface area (Å²) in [6.45, 7) is 3.44. The van der Waals surface area contributed by atoms with Gasteiger partial charge in [-0.25, -0.2) is 4.68 Å². The maximum atomic E-state index is 5.50. The number of rotatable bonds is 6. The van der Waals surface area contributed by atoms with E-state index in [9.17, 15) is 0 Å². The van der Waals surface area contributed by atoms with E-state index >= 15 is 0 Å². The molecule has 0 atom stereocenters. The largest absolute Gasteiger partial charge is 0.496 e. The van der Waals surface area contributed by atoms with Crippen LogP contribution in [0.25, 0.3) is 0 Å². The number of nitrogens with zero attached hydrogens (tertiary/aromatic N) is 3. The number of aromatic nitrogens is 3. The SMILES string of the molecule is CCc1cc(Cn2cc(CCN)nn2)ccc1OC. The Hall–Kier alpha value is -1.88. The van der Waals surface area contributed by atoms with Crippen LogP contribution in [0.5, 0.6) is 5.75 Å². The molecule has 2 N–H and O–H groups in total. The predicted molar refractivity (Wildman–Crippen MR) is 74.3 cm³/mol. The minimum Gasteiger partial charge on any atom is -0.496 e. The molecule has 102 valence electrons.